The molecule has 4 rings (SSSR count). The Balaban J connectivity index is 1.76. The molecule has 1 aliphatic rings. The van der Waals surface area contributed by atoms with E-state index in [-0.39, 0.29) is 0 Å². The van der Waals surface area contributed by atoms with Gasteiger partial charge in [0.15, 0.2) is 5.16 Å². The van der Waals surface area contributed by atoms with Crippen molar-refractivity contribution in [2.75, 3.05) is 0 Å². The molecule has 1 saturated carbocycles. The molecule has 0 atom stereocenters. The summed E-state index contributed by atoms with van der Waals surface area (Å²) in [5.41, 5.74) is 0.903. The van der Waals surface area contributed by atoms with Crippen molar-refractivity contribution in [3.63, 3.8) is 0 Å². The fraction of sp³-hybridized carbons (Fsp3) is 0.357. The Morgan fingerprint density at radius 1 is 1.41 bits per heavy atom. The predicted octanol–water partition coefficient (Wildman–Crippen LogP) is 2.24. The Kier molecular flexibility index (Phi) is 3.18. The lowest BCUT2D eigenvalue weighted by atomic mass is 10.4. The smallest absolute Gasteiger partial charge is 0.253 e. The van der Waals surface area contributed by atoms with Crippen molar-refractivity contribution in [2.45, 2.75) is 42.4 Å². The highest BCUT2D eigenvalue weighted by Crippen LogP contribution is 2.40. The molecule has 3 heterocycles. The van der Waals surface area contributed by atoms with E-state index in [1.807, 2.05) is 19.1 Å². The molecule has 0 spiro atoms. The van der Waals surface area contributed by atoms with Gasteiger partial charge in [0.2, 0.25) is 0 Å². The zero-order valence-electron chi connectivity index (χ0n) is 12.2. The van der Waals surface area contributed by atoms with Gasteiger partial charge in [0.1, 0.15) is 17.2 Å². The molecule has 0 N–H and O–H groups in total. The maximum Gasteiger partial charge on any atom is 0.253 e. The van der Waals surface area contributed by atoms with Crippen LogP contribution >= 0.6 is 11.8 Å². The van der Waals surface area contributed by atoms with Gasteiger partial charge >= 0.3 is 0 Å². The molecule has 112 valence electrons. The molecule has 3 aromatic rings. The van der Waals surface area contributed by atoms with E-state index in [1.54, 1.807) is 4.52 Å². The van der Waals surface area contributed by atoms with Crippen molar-refractivity contribution in [1.29, 1.82) is 0 Å². The van der Waals surface area contributed by atoms with Crippen molar-refractivity contribution < 1.29 is 0 Å². The van der Waals surface area contributed by atoms with Gasteiger partial charge in [-0.15, -0.1) is 16.8 Å². The average Bonchev–Trinajstić information content (AvgIpc) is 3.10. The number of nitrogens with zero attached hydrogens (tertiary/aromatic N) is 7. The second kappa shape index (κ2) is 5.20. The van der Waals surface area contributed by atoms with Crippen LogP contribution in [0.15, 0.2) is 35.2 Å². The first kappa shape index (κ1) is 13.4. The topological polar surface area (TPSA) is 73.8 Å². The SMILES string of the molecule is C=CCn1c(Sc2cc(C)nc3ncnn23)nnc1C1CC1. The quantitative estimate of drug-likeness (QED) is 0.531. The lowest BCUT2D eigenvalue weighted by molar-refractivity contribution is 0.679. The van der Waals surface area contributed by atoms with Crippen LogP contribution in [0, 0.1) is 6.92 Å². The largest absolute Gasteiger partial charge is 0.302 e. The number of fused-ring (bicyclic) bond motifs is 1. The summed E-state index contributed by atoms with van der Waals surface area (Å²) in [7, 11) is 0. The fourth-order valence-electron chi connectivity index (χ4n) is 2.38. The van der Waals surface area contributed by atoms with Gasteiger partial charge in [-0.25, -0.2) is 4.98 Å². The first-order valence-corrected chi connectivity index (χ1v) is 7.97. The second-order valence-electron chi connectivity index (χ2n) is 5.32. The third-order valence-electron chi connectivity index (χ3n) is 3.54. The maximum absolute atomic E-state index is 4.37. The summed E-state index contributed by atoms with van der Waals surface area (Å²) in [5, 5.41) is 14.7. The van der Waals surface area contributed by atoms with Gasteiger partial charge in [0, 0.05) is 18.2 Å². The average molecular weight is 313 g/mol. The Bertz CT molecular complexity index is 846. The summed E-state index contributed by atoms with van der Waals surface area (Å²) < 4.78 is 3.86. The van der Waals surface area contributed by atoms with Gasteiger partial charge in [-0.1, -0.05) is 6.08 Å². The third-order valence-corrected chi connectivity index (χ3v) is 4.53. The van der Waals surface area contributed by atoms with E-state index in [0.29, 0.717) is 18.2 Å². The standard InChI is InChI=1S/C14H15N7S/c1-3-6-20-12(10-4-5-10)18-19-14(20)22-11-7-9(2)17-13-15-8-16-21(11)13/h3,7-8,10H,1,4-6H2,2H3. The molecule has 8 heteroatoms. The first-order chi connectivity index (χ1) is 10.8. The van der Waals surface area contributed by atoms with Gasteiger partial charge in [0.25, 0.3) is 5.78 Å². The van der Waals surface area contributed by atoms with Crippen LogP contribution in [-0.2, 0) is 6.54 Å². The number of rotatable bonds is 5. The van der Waals surface area contributed by atoms with Crippen LogP contribution in [0.25, 0.3) is 5.78 Å². The van der Waals surface area contributed by atoms with Crippen LogP contribution in [0.1, 0.15) is 30.3 Å². The van der Waals surface area contributed by atoms with Crippen molar-refractivity contribution in [1.82, 2.24) is 34.3 Å². The maximum atomic E-state index is 4.37. The van der Waals surface area contributed by atoms with E-state index in [1.165, 1.54) is 30.9 Å². The van der Waals surface area contributed by atoms with Gasteiger partial charge in [-0.2, -0.15) is 14.6 Å². The lowest BCUT2D eigenvalue weighted by Gasteiger charge is -2.08. The van der Waals surface area contributed by atoms with E-state index in [0.717, 1.165) is 21.7 Å². The van der Waals surface area contributed by atoms with Crippen molar-refractivity contribution in [2.24, 2.45) is 0 Å². The van der Waals surface area contributed by atoms with Crippen molar-refractivity contribution >= 4 is 17.5 Å². The first-order valence-electron chi connectivity index (χ1n) is 7.15. The summed E-state index contributed by atoms with van der Waals surface area (Å²) >= 11 is 1.53. The lowest BCUT2D eigenvalue weighted by Crippen LogP contribution is -2.04. The zero-order valence-corrected chi connectivity index (χ0v) is 13.0. The van der Waals surface area contributed by atoms with Crippen molar-refractivity contribution in [3.05, 3.63) is 36.6 Å². The molecule has 0 radical (unpaired) electrons. The van der Waals surface area contributed by atoms with Crippen LogP contribution in [0.3, 0.4) is 0 Å². The van der Waals surface area contributed by atoms with Gasteiger partial charge in [-0.05, 0) is 37.6 Å². The number of hydrogen-bond acceptors (Lipinski definition) is 6. The molecule has 22 heavy (non-hydrogen) atoms. The molecular formula is C14H15N7S. The highest BCUT2D eigenvalue weighted by molar-refractivity contribution is 7.99. The Labute approximate surface area is 131 Å². The van der Waals surface area contributed by atoms with Gasteiger partial charge < -0.3 is 4.57 Å². The summed E-state index contributed by atoms with van der Waals surface area (Å²) in [6.45, 7) is 6.50. The minimum Gasteiger partial charge on any atom is -0.302 e. The normalized spacial score (nSPS) is 14.6. The van der Waals surface area contributed by atoms with E-state index < -0.39 is 0 Å². The summed E-state index contributed by atoms with van der Waals surface area (Å²) in [4.78, 5) is 8.51. The third kappa shape index (κ3) is 2.29. The van der Waals surface area contributed by atoms with Crippen LogP contribution in [-0.4, -0.2) is 34.3 Å². The van der Waals surface area contributed by atoms with Gasteiger partial charge in [0.05, 0.1) is 0 Å². The molecule has 1 fully saturated rings. The Hall–Kier alpha value is -2.22. The summed E-state index contributed by atoms with van der Waals surface area (Å²) in [6, 6.07) is 1.98. The molecule has 0 amide bonds. The number of aromatic nitrogens is 7. The number of hydrogen-bond donors (Lipinski definition) is 0. The van der Waals surface area contributed by atoms with Gasteiger partial charge in [-0.3, -0.25) is 0 Å². The molecule has 1 aliphatic carbocycles. The molecule has 0 bridgehead atoms. The highest BCUT2D eigenvalue weighted by atomic mass is 32.2. The predicted molar refractivity (Wildman–Crippen MR) is 81.8 cm³/mol. The fourth-order valence-corrected chi connectivity index (χ4v) is 3.37. The monoisotopic (exact) mass is 313 g/mol. The minimum atomic E-state index is 0.548. The minimum absolute atomic E-state index is 0.548. The summed E-state index contributed by atoms with van der Waals surface area (Å²) in [5.74, 6) is 2.20. The second-order valence-corrected chi connectivity index (χ2v) is 6.31. The molecule has 0 saturated heterocycles. The van der Waals surface area contributed by atoms with E-state index in [2.05, 4.69) is 36.4 Å². The van der Waals surface area contributed by atoms with E-state index in [9.17, 15) is 0 Å². The Morgan fingerprint density at radius 2 is 2.27 bits per heavy atom. The molecule has 0 unspecified atom stereocenters. The van der Waals surface area contributed by atoms with E-state index >= 15 is 0 Å². The molecule has 0 aromatic carbocycles. The molecular weight excluding hydrogens is 298 g/mol. The zero-order chi connectivity index (χ0) is 15.1. The van der Waals surface area contributed by atoms with E-state index in [4.69, 9.17) is 0 Å². The number of allylic oxidation sites excluding steroid dienone is 1. The van der Waals surface area contributed by atoms with Crippen LogP contribution < -0.4 is 0 Å². The molecule has 0 aliphatic heterocycles. The van der Waals surface area contributed by atoms with Crippen LogP contribution in [0.4, 0.5) is 0 Å². The van der Waals surface area contributed by atoms with Crippen LogP contribution in [0.5, 0.6) is 0 Å². The molecule has 3 aromatic heterocycles. The summed E-state index contributed by atoms with van der Waals surface area (Å²) in [6.07, 6.45) is 5.78. The molecule has 7 nitrogen and oxygen atoms in total. The van der Waals surface area contributed by atoms with Crippen LogP contribution in [0.2, 0.25) is 0 Å². The van der Waals surface area contributed by atoms with Crippen molar-refractivity contribution in [3.8, 4) is 0 Å². The number of aryl methyl sites for hydroxylation is 1. The highest BCUT2D eigenvalue weighted by Gasteiger charge is 2.30. The Morgan fingerprint density at radius 3 is 3.05 bits per heavy atom.